The van der Waals surface area contributed by atoms with E-state index in [0.717, 1.165) is 28.1 Å². The molecule has 1 atom stereocenters. The van der Waals surface area contributed by atoms with Gasteiger partial charge in [0.2, 0.25) is 11.8 Å². The van der Waals surface area contributed by atoms with Crippen molar-refractivity contribution < 1.29 is 9.59 Å². The minimum atomic E-state index is -0.210. The summed E-state index contributed by atoms with van der Waals surface area (Å²) < 4.78 is 0. The molecule has 158 valence electrons. The first-order valence-electron chi connectivity index (χ1n) is 10.4. The fourth-order valence-electron chi connectivity index (χ4n) is 3.59. The van der Waals surface area contributed by atoms with Gasteiger partial charge in [0, 0.05) is 24.1 Å². The number of hydrogen-bond donors (Lipinski definition) is 1. The number of thiophene rings is 1. The van der Waals surface area contributed by atoms with E-state index in [4.69, 9.17) is 0 Å². The molecule has 2 amide bonds. The smallest absolute Gasteiger partial charge is 0.243 e. The summed E-state index contributed by atoms with van der Waals surface area (Å²) in [4.78, 5) is 26.3. The standard InChI is InChI=1S/C25H25N3O2S/c1-18-9-11-20(12-10-18)25(22-8-5-17-31-22)26-23(29)13-14-24(30)28-16-15-21(27-28)19-6-3-2-4-7-19/h2-12,17,25H,13-16H2,1H3,(H,26,29). The summed E-state index contributed by atoms with van der Waals surface area (Å²) in [7, 11) is 0. The summed E-state index contributed by atoms with van der Waals surface area (Å²) in [5.41, 5.74) is 4.15. The van der Waals surface area contributed by atoms with E-state index in [9.17, 15) is 9.59 Å². The van der Waals surface area contributed by atoms with Crippen molar-refractivity contribution in [2.24, 2.45) is 5.10 Å². The van der Waals surface area contributed by atoms with E-state index in [1.54, 1.807) is 11.3 Å². The van der Waals surface area contributed by atoms with Crippen molar-refractivity contribution in [1.82, 2.24) is 10.3 Å². The summed E-state index contributed by atoms with van der Waals surface area (Å²) in [5.74, 6) is -0.261. The van der Waals surface area contributed by atoms with Crippen molar-refractivity contribution in [2.75, 3.05) is 6.54 Å². The van der Waals surface area contributed by atoms with Gasteiger partial charge in [0.15, 0.2) is 0 Å². The largest absolute Gasteiger partial charge is 0.344 e. The topological polar surface area (TPSA) is 61.8 Å². The Hall–Kier alpha value is -3.25. The number of carbonyl (C=O) groups excluding carboxylic acids is 2. The molecule has 1 aromatic heterocycles. The maximum absolute atomic E-state index is 12.7. The first-order chi connectivity index (χ1) is 15.1. The highest BCUT2D eigenvalue weighted by molar-refractivity contribution is 7.10. The predicted octanol–water partition coefficient (Wildman–Crippen LogP) is 4.68. The Labute approximate surface area is 186 Å². The number of rotatable bonds is 7. The molecule has 1 N–H and O–H groups in total. The number of aryl methyl sites for hydroxylation is 1. The Morgan fingerprint density at radius 3 is 2.52 bits per heavy atom. The number of hydrazone groups is 1. The Kier molecular flexibility index (Phi) is 6.57. The second-order valence-electron chi connectivity index (χ2n) is 7.61. The molecule has 3 aromatic rings. The fourth-order valence-corrected chi connectivity index (χ4v) is 4.39. The second kappa shape index (κ2) is 9.71. The molecule has 5 nitrogen and oxygen atoms in total. The molecule has 0 radical (unpaired) electrons. The summed E-state index contributed by atoms with van der Waals surface area (Å²) >= 11 is 1.61. The van der Waals surface area contributed by atoms with Crippen molar-refractivity contribution in [1.29, 1.82) is 0 Å². The van der Waals surface area contributed by atoms with Gasteiger partial charge in [-0.25, -0.2) is 5.01 Å². The van der Waals surface area contributed by atoms with E-state index in [0.29, 0.717) is 6.54 Å². The Balaban J connectivity index is 1.36. The number of carbonyl (C=O) groups is 2. The van der Waals surface area contributed by atoms with Crippen molar-refractivity contribution in [3.8, 4) is 0 Å². The maximum atomic E-state index is 12.7. The average molecular weight is 432 g/mol. The lowest BCUT2D eigenvalue weighted by Crippen LogP contribution is -2.30. The molecule has 6 heteroatoms. The normalized spacial score (nSPS) is 14.2. The molecule has 0 fully saturated rings. The molecule has 1 aliphatic rings. The molecule has 0 bridgehead atoms. The van der Waals surface area contributed by atoms with Crippen LogP contribution in [0.5, 0.6) is 0 Å². The van der Waals surface area contributed by atoms with Gasteiger partial charge in [-0.1, -0.05) is 66.2 Å². The van der Waals surface area contributed by atoms with Crippen molar-refractivity contribution in [2.45, 2.75) is 32.2 Å². The van der Waals surface area contributed by atoms with Gasteiger partial charge in [0.1, 0.15) is 0 Å². The summed E-state index contributed by atoms with van der Waals surface area (Å²) in [5, 5.41) is 11.1. The minimum absolute atomic E-state index is 0.121. The summed E-state index contributed by atoms with van der Waals surface area (Å²) in [6.45, 7) is 2.60. The lowest BCUT2D eigenvalue weighted by molar-refractivity contribution is -0.133. The van der Waals surface area contributed by atoms with Crippen LogP contribution in [0.3, 0.4) is 0 Å². The first-order valence-corrected chi connectivity index (χ1v) is 11.3. The van der Waals surface area contributed by atoms with Gasteiger partial charge in [-0.05, 0) is 29.5 Å². The molecule has 0 saturated heterocycles. The molecule has 1 aliphatic heterocycles. The molecule has 31 heavy (non-hydrogen) atoms. The second-order valence-corrected chi connectivity index (χ2v) is 8.59. The third-order valence-electron chi connectivity index (χ3n) is 5.31. The van der Waals surface area contributed by atoms with E-state index in [1.165, 1.54) is 10.6 Å². The predicted molar refractivity (Wildman–Crippen MR) is 124 cm³/mol. The van der Waals surface area contributed by atoms with Gasteiger partial charge < -0.3 is 5.32 Å². The van der Waals surface area contributed by atoms with Crippen LogP contribution >= 0.6 is 11.3 Å². The van der Waals surface area contributed by atoms with Gasteiger partial charge >= 0.3 is 0 Å². The highest BCUT2D eigenvalue weighted by Gasteiger charge is 2.23. The van der Waals surface area contributed by atoms with E-state index < -0.39 is 0 Å². The number of nitrogens with zero attached hydrogens (tertiary/aromatic N) is 2. The monoisotopic (exact) mass is 431 g/mol. The zero-order valence-corrected chi connectivity index (χ0v) is 18.3. The van der Waals surface area contributed by atoms with Crippen LogP contribution in [-0.4, -0.2) is 29.1 Å². The molecule has 2 aromatic carbocycles. The number of amides is 2. The lowest BCUT2D eigenvalue weighted by atomic mass is 10.0. The van der Waals surface area contributed by atoms with Crippen LogP contribution in [0.4, 0.5) is 0 Å². The SMILES string of the molecule is Cc1ccc(C(NC(=O)CCC(=O)N2CCC(c3ccccc3)=N2)c2cccs2)cc1. The Morgan fingerprint density at radius 2 is 1.81 bits per heavy atom. The van der Waals surface area contributed by atoms with Crippen molar-refractivity contribution in [3.63, 3.8) is 0 Å². The van der Waals surface area contributed by atoms with E-state index in [1.807, 2.05) is 79.0 Å². The summed E-state index contributed by atoms with van der Waals surface area (Å²) in [6.07, 6.45) is 1.01. The molecule has 0 aliphatic carbocycles. The third-order valence-corrected chi connectivity index (χ3v) is 6.24. The fraction of sp³-hybridized carbons (Fsp3) is 0.240. The first kappa shape index (κ1) is 21.0. The summed E-state index contributed by atoms with van der Waals surface area (Å²) in [6, 6.07) is 21.8. The highest BCUT2D eigenvalue weighted by Crippen LogP contribution is 2.26. The molecule has 2 heterocycles. The zero-order valence-electron chi connectivity index (χ0n) is 17.5. The van der Waals surface area contributed by atoms with Crippen LogP contribution in [0.1, 0.15) is 46.9 Å². The Morgan fingerprint density at radius 1 is 1.03 bits per heavy atom. The van der Waals surface area contributed by atoms with Crippen LogP contribution in [0.15, 0.2) is 77.2 Å². The van der Waals surface area contributed by atoms with Crippen LogP contribution in [0.2, 0.25) is 0 Å². The molecule has 0 saturated carbocycles. The van der Waals surface area contributed by atoms with Crippen LogP contribution < -0.4 is 5.32 Å². The highest BCUT2D eigenvalue weighted by atomic mass is 32.1. The van der Waals surface area contributed by atoms with Crippen LogP contribution in [-0.2, 0) is 9.59 Å². The molecule has 1 unspecified atom stereocenters. The minimum Gasteiger partial charge on any atom is -0.344 e. The Bertz CT molecular complexity index is 1060. The molecular formula is C25H25N3O2S. The van der Waals surface area contributed by atoms with Crippen molar-refractivity contribution >= 4 is 28.9 Å². The van der Waals surface area contributed by atoms with Crippen molar-refractivity contribution in [3.05, 3.63) is 93.7 Å². The van der Waals surface area contributed by atoms with Gasteiger partial charge in [0.05, 0.1) is 18.3 Å². The molecule has 0 spiro atoms. The van der Waals surface area contributed by atoms with Gasteiger partial charge in [-0.3, -0.25) is 9.59 Å². The maximum Gasteiger partial charge on any atom is 0.243 e. The quantitative estimate of drug-likeness (QED) is 0.590. The van der Waals surface area contributed by atoms with Gasteiger partial charge in [0.25, 0.3) is 0 Å². The molecular weight excluding hydrogens is 406 g/mol. The lowest BCUT2D eigenvalue weighted by Gasteiger charge is -2.19. The number of hydrogen-bond acceptors (Lipinski definition) is 4. The van der Waals surface area contributed by atoms with Gasteiger partial charge in [-0.2, -0.15) is 5.10 Å². The zero-order chi connectivity index (χ0) is 21.6. The van der Waals surface area contributed by atoms with Crippen LogP contribution in [0.25, 0.3) is 0 Å². The van der Waals surface area contributed by atoms with E-state index >= 15 is 0 Å². The average Bonchev–Trinajstić information content (AvgIpc) is 3.50. The molecule has 4 rings (SSSR count). The third kappa shape index (κ3) is 5.27. The number of nitrogens with one attached hydrogen (secondary N) is 1. The van der Waals surface area contributed by atoms with E-state index in [-0.39, 0.29) is 30.7 Å². The van der Waals surface area contributed by atoms with Gasteiger partial charge in [-0.15, -0.1) is 11.3 Å². The number of benzene rings is 2. The van der Waals surface area contributed by atoms with E-state index in [2.05, 4.69) is 10.4 Å². The van der Waals surface area contributed by atoms with Crippen LogP contribution in [0, 0.1) is 6.92 Å².